The number of rotatable bonds is 6. The number of hydrogen-bond acceptors (Lipinski definition) is 3. The fraction of sp³-hybridized carbons (Fsp3) is 0.333. The van der Waals surface area contributed by atoms with Gasteiger partial charge in [0.15, 0.2) is 0 Å². The molecule has 102 valence electrons. The maximum Gasteiger partial charge on any atom is 0.138 e. The minimum Gasteiger partial charge on any atom is -0.495 e. The van der Waals surface area contributed by atoms with E-state index >= 15 is 0 Å². The molecule has 0 aliphatic rings. The van der Waals surface area contributed by atoms with Gasteiger partial charge in [-0.25, -0.2) is 0 Å². The van der Waals surface area contributed by atoms with Crippen molar-refractivity contribution in [3.63, 3.8) is 0 Å². The first-order valence-corrected chi connectivity index (χ1v) is 6.75. The number of benzene rings is 1. The van der Waals surface area contributed by atoms with Crippen molar-refractivity contribution < 1.29 is 9.15 Å². The minimum absolute atomic E-state index is 0.600. The summed E-state index contributed by atoms with van der Waals surface area (Å²) in [6.07, 6.45) is 1.11. The highest BCUT2D eigenvalue weighted by Crippen LogP contribution is 2.31. The monoisotopic (exact) mass is 279 g/mol. The highest BCUT2D eigenvalue weighted by atomic mass is 35.5. The Morgan fingerprint density at radius 3 is 2.84 bits per heavy atom. The van der Waals surface area contributed by atoms with E-state index < -0.39 is 0 Å². The van der Waals surface area contributed by atoms with Crippen LogP contribution in [0, 0.1) is 0 Å². The molecule has 19 heavy (non-hydrogen) atoms. The van der Waals surface area contributed by atoms with Gasteiger partial charge in [0.2, 0.25) is 0 Å². The highest BCUT2D eigenvalue weighted by Gasteiger charge is 2.08. The predicted octanol–water partition coefficient (Wildman–Crippen LogP) is 4.11. The smallest absolute Gasteiger partial charge is 0.138 e. The van der Waals surface area contributed by atoms with E-state index in [0.717, 1.165) is 36.6 Å². The zero-order valence-corrected chi connectivity index (χ0v) is 12.0. The summed E-state index contributed by atoms with van der Waals surface area (Å²) in [6.45, 7) is 3.88. The van der Waals surface area contributed by atoms with Gasteiger partial charge >= 0.3 is 0 Å². The maximum absolute atomic E-state index is 6.01. The summed E-state index contributed by atoms with van der Waals surface area (Å²) in [5.41, 5.74) is 0.961. The van der Waals surface area contributed by atoms with Crippen LogP contribution in [0.25, 0.3) is 11.3 Å². The van der Waals surface area contributed by atoms with Gasteiger partial charge in [0, 0.05) is 5.56 Å². The molecule has 1 aromatic heterocycles. The van der Waals surface area contributed by atoms with Gasteiger partial charge in [-0.05, 0) is 43.3 Å². The van der Waals surface area contributed by atoms with Crippen molar-refractivity contribution in [2.24, 2.45) is 0 Å². The number of hydrogen-bond donors (Lipinski definition) is 1. The quantitative estimate of drug-likeness (QED) is 0.808. The Balaban J connectivity index is 2.13. The van der Waals surface area contributed by atoms with Gasteiger partial charge < -0.3 is 14.5 Å². The number of furan rings is 1. The number of ether oxygens (including phenoxy) is 1. The van der Waals surface area contributed by atoms with Crippen molar-refractivity contribution in [1.82, 2.24) is 5.32 Å². The molecule has 4 heteroatoms. The van der Waals surface area contributed by atoms with Crippen LogP contribution >= 0.6 is 11.6 Å². The molecule has 0 aliphatic carbocycles. The van der Waals surface area contributed by atoms with Crippen molar-refractivity contribution in [1.29, 1.82) is 0 Å². The molecule has 0 bridgehead atoms. The first-order valence-electron chi connectivity index (χ1n) is 6.38. The van der Waals surface area contributed by atoms with Crippen molar-refractivity contribution in [3.05, 3.63) is 41.1 Å². The predicted molar refractivity (Wildman–Crippen MR) is 77.7 cm³/mol. The molecule has 2 aromatic rings. The van der Waals surface area contributed by atoms with E-state index in [9.17, 15) is 0 Å². The third-order valence-electron chi connectivity index (χ3n) is 2.82. The average Bonchev–Trinajstić information content (AvgIpc) is 2.88. The zero-order chi connectivity index (χ0) is 13.7. The van der Waals surface area contributed by atoms with E-state index in [2.05, 4.69) is 12.2 Å². The summed E-state index contributed by atoms with van der Waals surface area (Å²) < 4.78 is 11.0. The van der Waals surface area contributed by atoms with Gasteiger partial charge in [-0.3, -0.25) is 0 Å². The number of nitrogens with one attached hydrogen (secondary N) is 1. The second-order valence-corrected chi connectivity index (χ2v) is 4.70. The summed E-state index contributed by atoms with van der Waals surface area (Å²) in [6, 6.07) is 9.56. The second kappa shape index (κ2) is 6.64. The third kappa shape index (κ3) is 3.52. The lowest BCUT2D eigenvalue weighted by atomic mass is 10.1. The molecule has 0 atom stereocenters. The minimum atomic E-state index is 0.600. The largest absolute Gasteiger partial charge is 0.495 e. The Morgan fingerprint density at radius 2 is 2.11 bits per heavy atom. The molecule has 1 N–H and O–H groups in total. The molecule has 0 unspecified atom stereocenters. The van der Waals surface area contributed by atoms with Crippen LogP contribution in [0.15, 0.2) is 34.7 Å². The fourth-order valence-electron chi connectivity index (χ4n) is 1.83. The van der Waals surface area contributed by atoms with Crippen LogP contribution in [-0.2, 0) is 6.54 Å². The van der Waals surface area contributed by atoms with Crippen molar-refractivity contribution >= 4 is 11.6 Å². The number of halogens is 1. The van der Waals surface area contributed by atoms with Crippen LogP contribution in [0.5, 0.6) is 5.75 Å². The molecule has 0 saturated carbocycles. The van der Waals surface area contributed by atoms with Gasteiger partial charge in [-0.1, -0.05) is 18.5 Å². The summed E-state index contributed by atoms with van der Waals surface area (Å²) in [5.74, 6) is 2.40. The van der Waals surface area contributed by atoms with E-state index in [1.165, 1.54) is 0 Å². The normalized spacial score (nSPS) is 10.7. The molecular formula is C15H18ClNO2. The molecule has 0 amide bonds. The van der Waals surface area contributed by atoms with Crippen LogP contribution in [0.3, 0.4) is 0 Å². The zero-order valence-electron chi connectivity index (χ0n) is 11.2. The Kier molecular flexibility index (Phi) is 4.88. The van der Waals surface area contributed by atoms with Crippen molar-refractivity contribution in [3.8, 4) is 17.1 Å². The maximum atomic E-state index is 6.01. The van der Waals surface area contributed by atoms with E-state index in [-0.39, 0.29) is 0 Å². The molecule has 0 saturated heterocycles. The number of methoxy groups -OCH3 is 1. The third-order valence-corrected chi connectivity index (χ3v) is 3.14. The fourth-order valence-corrected chi connectivity index (χ4v) is 2.02. The topological polar surface area (TPSA) is 34.4 Å². The molecule has 2 rings (SSSR count). The molecule has 0 spiro atoms. The van der Waals surface area contributed by atoms with Crippen molar-refractivity contribution in [2.45, 2.75) is 19.9 Å². The highest BCUT2D eigenvalue weighted by molar-refractivity contribution is 6.32. The van der Waals surface area contributed by atoms with E-state index in [1.807, 2.05) is 30.3 Å². The molecule has 0 aliphatic heterocycles. The first kappa shape index (κ1) is 14.0. The molecule has 0 fully saturated rings. The lowest BCUT2D eigenvalue weighted by Crippen LogP contribution is -2.12. The van der Waals surface area contributed by atoms with Crippen LogP contribution in [0.4, 0.5) is 0 Å². The molecular weight excluding hydrogens is 262 g/mol. The SMILES string of the molecule is CCCNCc1ccc(-c2ccc(Cl)c(OC)c2)o1. The Hall–Kier alpha value is -1.45. The van der Waals surface area contributed by atoms with Gasteiger partial charge in [-0.15, -0.1) is 0 Å². The molecule has 1 heterocycles. The summed E-state index contributed by atoms with van der Waals surface area (Å²) in [7, 11) is 1.60. The molecule has 0 radical (unpaired) electrons. The molecule has 1 aromatic carbocycles. The van der Waals surface area contributed by atoms with Crippen LogP contribution in [0.1, 0.15) is 19.1 Å². The second-order valence-electron chi connectivity index (χ2n) is 4.29. The van der Waals surface area contributed by atoms with Gasteiger partial charge in [0.1, 0.15) is 17.3 Å². The van der Waals surface area contributed by atoms with E-state index in [0.29, 0.717) is 10.8 Å². The summed E-state index contributed by atoms with van der Waals surface area (Å²) in [4.78, 5) is 0. The first-order chi connectivity index (χ1) is 9.24. The van der Waals surface area contributed by atoms with Crippen LogP contribution in [-0.4, -0.2) is 13.7 Å². The molecule has 3 nitrogen and oxygen atoms in total. The Morgan fingerprint density at radius 1 is 1.26 bits per heavy atom. The van der Waals surface area contributed by atoms with E-state index in [1.54, 1.807) is 7.11 Å². The van der Waals surface area contributed by atoms with Crippen LogP contribution in [0.2, 0.25) is 5.02 Å². The van der Waals surface area contributed by atoms with Crippen LogP contribution < -0.4 is 10.1 Å². The standard InChI is InChI=1S/C15H18ClNO2/c1-3-8-17-10-12-5-7-14(19-12)11-4-6-13(16)15(9-11)18-2/h4-7,9,17H,3,8,10H2,1-2H3. The van der Waals surface area contributed by atoms with Gasteiger partial charge in [0.05, 0.1) is 18.7 Å². The van der Waals surface area contributed by atoms with Gasteiger partial charge in [0.25, 0.3) is 0 Å². The van der Waals surface area contributed by atoms with E-state index in [4.69, 9.17) is 20.8 Å². The Labute approximate surface area is 118 Å². The summed E-state index contributed by atoms with van der Waals surface area (Å²) in [5, 5.41) is 3.91. The Bertz CT molecular complexity index is 537. The lowest BCUT2D eigenvalue weighted by molar-refractivity contribution is 0.415. The average molecular weight is 280 g/mol. The van der Waals surface area contributed by atoms with Gasteiger partial charge in [-0.2, -0.15) is 0 Å². The summed E-state index contributed by atoms with van der Waals surface area (Å²) >= 11 is 6.01. The lowest BCUT2D eigenvalue weighted by Gasteiger charge is -2.04. The van der Waals surface area contributed by atoms with Crippen molar-refractivity contribution in [2.75, 3.05) is 13.7 Å².